The van der Waals surface area contributed by atoms with Crippen LogP contribution in [0.3, 0.4) is 0 Å². The van der Waals surface area contributed by atoms with Gasteiger partial charge in [-0.3, -0.25) is 19.3 Å². The third kappa shape index (κ3) is 5.95. The van der Waals surface area contributed by atoms with Gasteiger partial charge in [0.25, 0.3) is 0 Å². The van der Waals surface area contributed by atoms with Gasteiger partial charge in [-0.05, 0) is 24.5 Å². The van der Waals surface area contributed by atoms with Crippen LogP contribution in [0.4, 0.5) is 4.79 Å². The Hall–Kier alpha value is -2.61. The van der Waals surface area contributed by atoms with Gasteiger partial charge in [0.2, 0.25) is 12.2 Å². The SMILES string of the molecule is CC(=O)NCC(=O)OC(C)OC(=O)N(C)[C@]1(Cc2ccccc2Cl)CCCCC1=O. The summed E-state index contributed by atoms with van der Waals surface area (Å²) in [7, 11) is 1.51. The minimum Gasteiger partial charge on any atom is -0.424 e. The van der Waals surface area contributed by atoms with E-state index < -0.39 is 23.9 Å². The first-order valence-corrected chi connectivity index (χ1v) is 10.2. The largest absolute Gasteiger partial charge is 0.424 e. The van der Waals surface area contributed by atoms with Crippen LogP contribution in [-0.4, -0.2) is 54.1 Å². The Morgan fingerprint density at radius 2 is 1.93 bits per heavy atom. The highest BCUT2D eigenvalue weighted by molar-refractivity contribution is 6.31. The highest BCUT2D eigenvalue weighted by Gasteiger charge is 2.46. The van der Waals surface area contributed by atoms with Gasteiger partial charge in [0.05, 0.1) is 0 Å². The molecular formula is C21H27ClN2O6. The number of nitrogens with zero attached hydrogens (tertiary/aromatic N) is 1. The summed E-state index contributed by atoms with van der Waals surface area (Å²) in [6, 6.07) is 7.21. The molecule has 1 saturated carbocycles. The van der Waals surface area contributed by atoms with E-state index in [4.69, 9.17) is 21.1 Å². The van der Waals surface area contributed by atoms with Crippen LogP contribution in [0.5, 0.6) is 0 Å². The average molecular weight is 439 g/mol. The topological polar surface area (TPSA) is 102 Å². The molecule has 0 heterocycles. The normalized spacial score (nSPS) is 19.5. The number of hydrogen-bond acceptors (Lipinski definition) is 6. The number of esters is 1. The fourth-order valence-electron chi connectivity index (χ4n) is 3.54. The van der Waals surface area contributed by atoms with Crippen molar-refractivity contribution in [1.29, 1.82) is 0 Å². The first-order valence-electron chi connectivity index (χ1n) is 9.81. The predicted octanol–water partition coefficient (Wildman–Crippen LogP) is 2.86. The predicted molar refractivity (Wildman–Crippen MR) is 110 cm³/mol. The second-order valence-corrected chi connectivity index (χ2v) is 7.75. The van der Waals surface area contributed by atoms with E-state index in [0.717, 1.165) is 18.4 Å². The number of benzene rings is 1. The Morgan fingerprint density at radius 3 is 2.57 bits per heavy atom. The summed E-state index contributed by atoms with van der Waals surface area (Å²) < 4.78 is 10.2. The highest BCUT2D eigenvalue weighted by Crippen LogP contribution is 2.35. The lowest BCUT2D eigenvalue weighted by atomic mass is 9.75. The zero-order chi connectivity index (χ0) is 22.3. The second kappa shape index (κ2) is 10.4. The van der Waals surface area contributed by atoms with Crippen molar-refractivity contribution in [3.63, 3.8) is 0 Å². The van der Waals surface area contributed by atoms with Crippen LogP contribution in [0, 0.1) is 0 Å². The maximum Gasteiger partial charge on any atom is 0.413 e. The molecule has 0 radical (unpaired) electrons. The van der Waals surface area contributed by atoms with Gasteiger partial charge in [0.15, 0.2) is 5.78 Å². The van der Waals surface area contributed by atoms with E-state index in [2.05, 4.69) is 5.32 Å². The average Bonchev–Trinajstić information content (AvgIpc) is 2.69. The number of carbonyl (C=O) groups is 4. The molecule has 2 amide bonds. The van der Waals surface area contributed by atoms with Crippen LogP contribution >= 0.6 is 11.6 Å². The summed E-state index contributed by atoms with van der Waals surface area (Å²) in [5.41, 5.74) is -0.316. The summed E-state index contributed by atoms with van der Waals surface area (Å²) >= 11 is 6.30. The van der Waals surface area contributed by atoms with E-state index >= 15 is 0 Å². The zero-order valence-electron chi connectivity index (χ0n) is 17.4. The van der Waals surface area contributed by atoms with Gasteiger partial charge in [-0.15, -0.1) is 0 Å². The molecule has 1 aromatic carbocycles. The summed E-state index contributed by atoms with van der Waals surface area (Å²) in [5.74, 6) is -1.18. The Labute approximate surface area is 180 Å². The van der Waals surface area contributed by atoms with E-state index in [1.54, 1.807) is 12.1 Å². The highest BCUT2D eigenvalue weighted by atomic mass is 35.5. The lowest BCUT2D eigenvalue weighted by Crippen LogP contribution is -2.58. The molecule has 1 aliphatic carbocycles. The Morgan fingerprint density at radius 1 is 1.23 bits per heavy atom. The number of amides is 2. The van der Waals surface area contributed by atoms with Crippen molar-refractivity contribution in [3.05, 3.63) is 34.9 Å². The van der Waals surface area contributed by atoms with Gasteiger partial charge in [-0.1, -0.05) is 36.2 Å². The molecule has 8 nitrogen and oxygen atoms in total. The number of ether oxygens (including phenoxy) is 2. The van der Waals surface area contributed by atoms with Gasteiger partial charge >= 0.3 is 12.1 Å². The fraction of sp³-hybridized carbons (Fsp3) is 0.524. The molecular weight excluding hydrogens is 412 g/mol. The number of carbonyl (C=O) groups excluding carboxylic acids is 4. The van der Waals surface area contributed by atoms with Crippen LogP contribution in [0.2, 0.25) is 5.02 Å². The molecule has 164 valence electrons. The maximum absolute atomic E-state index is 13.0. The number of likely N-dealkylation sites (N-methyl/N-ethyl adjacent to an activating group) is 1. The van der Waals surface area contributed by atoms with Gasteiger partial charge in [-0.2, -0.15) is 0 Å². The minimum atomic E-state index is -1.18. The van der Waals surface area contributed by atoms with E-state index in [1.807, 2.05) is 12.1 Å². The summed E-state index contributed by atoms with van der Waals surface area (Å²) in [6.07, 6.45) is 0.712. The molecule has 0 saturated heterocycles. The van der Waals surface area contributed by atoms with Gasteiger partial charge in [0, 0.05) is 38.8 Å². The van der Waals surface area contributed by atoms with Gasteiger partial charge < -0.3 is 14.8 Å². The van der Waals surface area contributed by atoms with Crippen molar-refractivity contribution in [3.8, 4) is 0 Å². The molecule has 2 rings (SSSR count). The fourth-order valence-corrected chi connectivity index (χ4v) is 3.74. The molecule has 9 heteroatoms. The zero-order valence-corrected chi connectivity index (χ0v) is 18.2. The van der Waals surface area contributed by atoms with Crippen molar-refractivity contribution < 1.29 is 28.7 Å². The second-order valence-electron chi connectivity index (χ2n) is 7.34. The first kappa shape index (κ1) is 23.7. The standard InChI is InChI=1S/C21H27ClN2O6/c1-14(25)23-13-19(27)29-15(2)30-20(28)24(3)21(11-7-6-10-18(21)26)12-16-8-4-5-9-17(16)22/h4-5,8-9,15H,6-7,10-13H2,1-3H3,(H,23,25)/t15?,21-/m0/s1. The molecule has 1 unspecified atom stereocenters. The van der Waals surface area contributed by atoms with Crippen LogP contribution in [0.1, 0.15) is 45.1 Å². The maximum atomic E-state index is 13.0. The third-order valence-electron chi connectivity index (χ3n) is 5.17. The molecule has 1 N–H and O–H groups in total. The van der Waals surface area contributed by atoms with E-state index in [9.17, 15) is 19.2 Å². The number of ketones is 1. The van der Waals surface area contributed by atoms with Gasteiger partial charge in [-0.25, -0.2) is 4.79 Å². The minimum absolute atomic E-state index is 0.0524. The lowest BCUT2D eigenvalue weighted by Gasteiger charge is -2.43. The van der Waals surface area contributed by atoms with E-state index in [0.29, 0.717) is 17.9 Å². The third-order valence-corrected chi connectivity index (χ3v) is 5.53. The molecule has 0 bridgehead atoms. The monoisotopic (exact) mass is 438 g/mol. The van der Waals surface area contributed by atoms with Crippen LogP contribution in [0.15, 0.2) is 24.3 Å². The van der Waals surface area contributed by atoms with Crippen LogP contribution in [0.25, 0.3) is 0 Å². The number of Topliss-reactive ketones (excluding diaryl/α,β-unsaturated/α-hetero) is 1. The Bertz CT molecular complexity index is 814. The van der Waals surface area contributed by atoms with Crippen LogP contribution in [-0.2, 0) is 30.3 Å². The van der Waals surface area contributed by atoms with Crippen molar-refractivity contribution in [2.75, 3.05) is 13.6 Å². The molecule has 1 aliphatic rings. The molecule has 0 spiro atoms. The summed E-state index contributed by atoms with van der Waals surface area (Å²) in [4.78, 5) is 49.6. The number of halogens is 1. The van der Waals surface area contributed by atoms with Crippen LogP contribution < -0.4 is 5.32 Å². The van der Waals surface area contributed by atoms with Crippen molar-refractivity contribution in [2.24, 2.45) is 0 Å². The molecule has 1 aromatic rings. The molecule has 30 heavy (non-hydrogen) atoms. The van der Waals surface area contributed by atoms with Gasteiger partial charge in [0.1, 0.15) is 12.1 Å². The van der Waals surface area contributed by atoms with Crippen molar-refractivity contribution >= 4 is 35.4 Å². The molecule has 1 fully saturated rings. The first-order chi connectivity index (χ1) is 14.2. The number of hydrogen-bond donors (Lipinski definition) is 1. The number of rotatable bonds is 7. The Balaban J connectivity index is 2.11. The van der Waals surface area contributed by atoms with Crippen molar-refractivity contribution in [1.82, 2.24) is 10.2 Å². The molecule has 0 aromatic heterocycles. The number of nitrogens with one attached hydrogen (secondary N) is 1. The molecule has 0 aliphatic heterocycles. The smallest absolute Gasteiger partial charge is 0.413 e. The van der Waals surface area contributed by atoms with E-state index in [1.165, 1.54) is 25.8 Å². The lowest BCUT2D eigenvalue weighted by molar-refractivity contribution is -0.166. The van der Waals surface area contributed by atoms with E-state index in [-0.39, 0.29) is 24.7 Å². The Kier molecular flexibility index (Phi) is 8.23. The summed E-state index contributed by atoms with van der Waals surface area (Å²) in [5, 5.41) is 2.83. The quantitative estimate of drug-likeness (QED) is 0.518. The molecule has 2 atom stereocenters. The van der Waals surface area contributed by atoms with Crippen molar-refractivity contribution in [2.45, 2.75) is 57.8 Å². The summed E-state index contributed by atoms with van der Waals surface area (Å²) in [6.45, 7) is 2.33.